The molecule has 0 amide bonds. The highest BCUT2D eigenvalue weighted by Crippen LogP contribution is 2.26. The summed E-state index contributed by atoms with van der Waals surface area (Å²) in [4.78, 5) is 0. The fourth-order valence-electron chi connectivity index (χ4n) is 1.70. The second-order valence-corrected chi connectivity index (χ2v) is 8.59. The lowest BCUT2D eigenvalue weighted by atomic mass is 10.4. The van der Waals surface area contributed by atoms with E-state index >= 15 is 0 Å². The average molecular weight is 291 g/mol. The Balaban J connectivity index is 4.48. The first-order valence-corrected chi connectivity index (χ1v) is 9.85. The molecule has 19 heavy (non-hydrogen) atoms. The molecule has 0 aliphatic rings. The molecule has 116 valence electrons. The van der Waals surface area contributed by atoms with Crippen LogP contribution in [0.15, 0.2) is 0 Å². The normalized spacial score (nSPS) is 12.3. The smallest absolute Gasteiger partial charge is 0.373 e. The summed E-state index contributed by atoms with van der Waals surface area (Å²) >= 11 is 0. The number of rotatable bonds is 13. The van der Waals surface area contributed by atoms with Gasteiger partial charge in [0.2, 0.25) is 0 Å². The van der Waals surface area contributed by atoms with Crippen molar-refractivity contribution in [2.24, 2.45) is 0 Å². The molecule has 0 atom stereocenters. The number of unbranched alkanes of at least 4 members (excludes halogenated alkanes) is 3. The Morgan fingerprint density at radius 3 is 1.21 bits per heavy atom. The third-order valence-electron chi connectivity index (χ3n) is 3.11. The summed E-state index contributed by atoms with van der Waals surface area (Å²) < 4.78 is 18.4. The maximum atomic E-state index is 6.12. The van der Waals surface area contributed by atoms with Crippen molar-refractivity contribution < 1.29 is 13.3 Å². The second-order valence-electron chi connectivity index (χ2n) is 5.36. The third kappa shape index (κ3) is 8.08. The van der Waals surface area contributed by atoms with E-state index in [1.54, 1.807) is 0 Å². The molecule has 0 aliphatic carbocycles. The Morgan fingerprint density at radius 1 is 0.684 bits per heavy atom. The van der Waals surface area contributed by atoms with Crippen LogP contribution in [0.1, 0.15) is 73.1 Å². The van der Waals surface area contributed by atoms with Gasteiger partial charge in [-0.2, -0.15) is 0 Å². The van der Waals surface area contributed by atoms with Crippen molar-refractivity contribution in [3.05, 3.63) is 0 Å². The van der Waals surface area contributed by atoms with Crippen LogP contribution in [0.5, 0.6) is 0 Å². The molecular weight excluding hydrogens is 256 g/mol. The molecule has 0 saturated heterocycles. The average Bonchev–Trinajstić information content (AvgIpc) is 2.38. The van der Waals surface area contributed by atoms with Gasteiger partial charge in [-0.3, -0.25) is 0 Å². The highest BCUT2D eigenvalue weighted by Gasteiger charge is 2.44. The van der Waals surface area contributed by atoms with Gasteiger partial charge < -0.3 is 13.3 Å². The van der Waals surface area contributed by atoms with Crippen LogP contribution in [0, 0.1) is 0 Å². The van der Waals surface area contributed by atoms with Crippen LogP contribution in [0.4, 0.5) is 0 Å². The van der Waals surface area contributed by atoms with Gasteiger partial charge >= 0.3 is 8.80 Å². The summed E-state index contributed by atoms with van der Waals surface area (Å²) in [6.45, 7) is 13.1. The zero-order valence-electron chi connectivity index (χ0n) is 13.7. The molecule has 0 rings (SSSR count). The second kappa shape index (κ2) is 11.9. The van der Waals surface area contributed by atoms with E-state index < -0.39 is 8.80 Å². The highest BCUT2D eigenvalue weighted by molar-refractivity contribution is 6.62. The van der Waals surface area contributed by atoms with Crippen molar-refractivity contribution in [3.8, 4) is 0 Å². The third-order valence-corrected chi connectivity index (χ3v) is 6.34. The van der Waals surface area contributed by atoms with E-state index in [2.05, 4.69) is 34.6 Å². The monoisotopic (exact) mass is 290 g/mol. The predicted molar refractivity (Wildman–Crippen MR) is 83.4 cm³/mol. The van der Waals surface area contributed by atoms with Gasteiger partial charge in [0, 0.05) is 25.4 Å². The summed E-state index contributed by atoms with van der Waals surface area (Å²) in [5.74, 6) is 0. The van der Waals surface area contributed by atoms with Crippen LogP contribution in [-0.4, -0.2) is 28.6 Å². The Bertz CT molecular complexity index is 171. The maximum absolute atomic E-state index is 6.12. The summed E-state index contributed by atoms with van der Waals surface area (Å²) in [5.41, 5.74) is 0.332. The van der Waals surface area contributed by atoms with E-state index in [9.17, 15) is 0 Å². The van der Waals surface area contributed by atoms with E-state index in [0.717, 1.165) is 58.3 Å². The van der Waals surface area contributed by atoms with E-state index in [-0.39, 0.29) is 0 Å². The van der Waals surface area contributed by atoms with Crippen molar-refractivity contribution in [2.75, 3.05) is 19.8 Å². The van der Waals surface area contributed by atoms with Gasteiger partial charge in [-0.05, 0) is 19.3 Å². The Kier molecular flexibility index (Phi) is 11.9. The van der Waals surface area contributed by atoms with Crippen molar-refractivity contribution in [2.45, 2.75) is 78.7 Å². The predicted octanol–water partition coefficient (Wildman–Crippen LogP) is 4.79. The van der Waals surface area contributed by atoms with Crippen molar-refractivity contribution in [3.63, 3.8) is 0 Å². The molecule has 0 heterocycles. The van der Waals surface area contributed by atoms with Crippen LogP contribution in [-0.2, 0) is 13.3 Å². The molecule has 0 unspecified atom stereocenters. The van der Waals surface area contributed by atoms with Crippen LogP contribution in [0.3, 0.4) is 0 Å². The van der Waals surface area contributed by atoms with Crippen molar-refractivity contribution in [1.82, 2.24) is 0 Å². The molecular formula is C15H34O3Si. The van der Waals surface area contributed by atoms with E-state index in [1.165, 1.54) is 0 Å². The Morgan fingerprint density at radius 2 is 1.00 bits per heavy atom. The van der Waals surface area contributed by atoms with Gasteiger partial charge in [0.25, 0.3) is 0 Å². The van der Waals surface area contributed by atoms with Gasteiger partial charge in [0.05, 0.1) is 0 Å². The lowest BCUT2D eigenvalue weighted by molar-refractivity contribution is 0.0496. The number of hydrogen-bond acceptors (Lipinski definition) is 3. The van der Waals surface area contributed by atoms with E-state index in [1.807, 2.05) is 0 Å². The fourth-order valence-corrected chi connectivity index (χ4v) is 4.24. The van der Waals surface area contributed by atoms with E-state index in [4.69, 9.17) is 13.3 Å². The molecule has 3 nitrogen and oxygen atoms in total. The minimum absolute atomic E-state index is 0.332. The lowest BCUT2D eigenvalue weighted by Gasteiger charge is -2.33. The van der Waals surface area contributed by atoms with Crippen LogP contribution >= 0.6 is 0 Å². The molecule has 0 aromatic rings. The molecule has 0 aliphatic heterocycles. The first-order valence-electron chi connectivity index (χ1n) is 8.04. The van der Waals surface area contributed by atoms with Crippen molar-refractivity contribution >= 4 is 8.80 Å². The highest BCUT2D eigenvalue weighted by atomic mass is 28.4. The van der Waals surface area contributed by atoms with E-state index in [0.29, 0.717) is 5.54 Å². The molecule has 0 bridgehead atoms. The molecule has 4 heteroatoms. The summed E-state index contributed by atoms with van der Waals surface area (Å²) in [5, 5.41) is 0. The Labute approximate surface area is 121 Å². The van der Waals surface area contributed by atoms with Gasteiger partial charge in [0.15, 0.2) is 0 Å². The van der Waals surface area contributed by atoms with Crippen molar-refractivity contribution in [1.29, 1.82) is 0 Å². The minimum Gasteiger partial charge on any atom is -0.373 e. The van der Waals surface area contributed by atoms with Crippen LogP contribution in [0.25, 0.3) is 0 Å². The maximum Gasteiger partial charge on any atom is 0.503 e. The van der Waals surface area contributed by atoms with Gasteiger partial charge in [-0.1, -0.05) is 53.9 Å². The lowest BCUT2D eigenvalue weighted by Crippen LogP contribution is -2.49. The largest absolute Gasteiger partial charge is 0.503 e. The quantitative estimate of drug-likeness (QED) is 0.361. The standard InChI is InChI=1S/C15H34O3Si/c1-6-9-12-16-19(15(4)5,17-13-10-7-2)18-14-11-8-3/h15H,6-14H2,1-5H3. The Hall–Kier alpha value is 0.0969. The summed E-state index contributed by atoms with van der Waals surface area (Å²) in [6, 6.07) is 0. The van der Waals surface area contributed by atoms with Gasteiger partial charge in [0.1, 0.15) is 0 Å². The number of hydrogen-bond donors (Lipinski definition) is 0. The molecule has 0 radical (unpaired) electrons. The molecule has 0 aromatic carbocycles. The first kappa shape index (κ1) is 19.1. The van der Waals surface area contributed by atoms with Crippen LogP contribution < -0.4 is 0 Å². The molecule has 0 aromatic heterocycles. The summed E-state index contributed by atoms with van der Waals surface area (Å²) in [7, 11) is -2.48. The molecule has 0 saturated carbocycles. The zero-order valence-corrected chi connectivity index (χ0v) is 14.7. The minimum atomic E-state index is -2.48. The van der Waals surface area contributed by atoms with Crippen LogP contribution in [0.2, 0.25) is 5.54 Å². The molecule has 0 N–H and O–H groups in total. The molecule has 0 fully saturated rings. The zero-order chi connectivity index (χ0) is 14.6. The first-order chi connectivity index (χ1) is 9.13. The summed E-state index contributed by atoms with van der Waals surface area (Å²) in [6.07, 6.45) is 6.67. The van der Waals surface area contributed by atoms with Gasteiger partial charge in [-0.25, -0.2) is 0 Å². The molecule has 0 spiro atoms. The van der Waals surface area contributed by atoms with Gasteiger partial charge in [-0.15, -0.1) is 0 Å². The topological polar surface area (TPSA) is 27.7 Å². The SMILES string of the molecule is CCCCO[Si](OCCCC)(OCCCC)C(C)C. The fraction of sp³-hybridized carbons (Fsp3) is 1.00.